The van der Waals surface area contributed by atoms with Crippen LogP contribution in [-0.2, 0) is 55.4 Å². The van der Waals surface area contributed by atoms with Crippen molar-refractivity contribution >= 4 is 69.1 Å². The summed E-state index contributed by atoms with van der Waals surface area (Å²) in [4.78, 5) is 96.9. The normalized spacial score (nSPS) is 22.8. The van der Waals surface area contributed by atoms with Crippen molar-refractivity contribution < 1.29 is 90.3 Å². The van der Waals surface area contributed by atoms with Crippen LogP contribution in [0.5, 0.6) is 0 Å². The molecule has 2 aliphatic heterocycles. The molecule has 0 aliphatic carbocycles. The van der Waals surface area contributed by atoms with Crippen LogP contribution < -0.4 is 35.9 Å². The molecule has 30 heteroatoms. The Morgan fingerprint density at radius 1 is 0.855 bits per heavy atom. The van der Waals surface area contributed by atoms with Crippen molar-refractivity contribution in [3.05, 3.63) is 12.7 Å². The van der Waals surface area contributed by atoms with Gasteiger partial charge in [0.15, 0.2) is 22.8 Å². The highest BCUT2D eigenvalue weighted by Crippen LogP contribution is 2.56. The number of carbonyl (C=O) groups is 3. The van der Waals surface area contributed by atoms with E-state index in [4.69, 9.17) is 20.3 Å². The molecule has 7 N–H and O–H groups in total. The van der Waals surface area contributed by atoms with Gasteiger partial charge >= 0.3 is 0 Å². The van der Waals surface area contributed by atoms with Crippen LogP contribution in [0.3, 0.4) is 0 Å². The summed E-state index contributed by atoms with van der Waals surface area (Å²) in [6, 6.07) is 0. The van der Waals surface area contributed by atoms with E-state index >= 15 is 0 Å². The highest BCUT2D eigenvalue weighted by Gasteiger charge is 2.47. The van der Waals surface area contributed by atoms with Crippen LogP contribution in [0, 0.1) is 5.41 Å². The molecule has 4 heterocycles. The van der Waals surface area contributed by atoms with E-state index in [2.05, 4.69) is 43.5 Å². The van der Waals surface area contributed by atoms with Crippen LogP contribution in [0.25, 0.3) is 11.2 Å². The largest absolute Gasteiger partial charge is 0.790 e. The Kier molecular flexibility index (Phi) is 24.0. The summed E-state index contributed by atoms with van der Waals surface area (Å²) in [5.41, 5.74) is 4.08. The maximum Gasteiger partial charge on any atom is 0.274 e. The number of hydrogen-bond donors (Lipinski definition) is 6. The third kappa shape index (κ3) is 20.9. The fraction of sp³-hybridized carbons (Fsp3) is 0.795. The highest BCUT2D eigenvalue weighted by molar-refractivity contribution is 8.13. The van der Waals surface area contributed by atoms with Gasteiger partial charge in [-0.2, -0.15) is 0 Å². The number of hydrogen-bond acceptors (Lipinski definition) is 24. The number of nitrogens with zero attached hydrogens (tertiary/aromatic N) is 4. The van der Waals surface area contributed by atoms with Gasteiger partial charge in [-0.25, -0.2) is 19.3 Å². The van der Waals surface area contributed by atoms with E-state index in [1.807, 2.05) is 0 Å². The number of imidazole rings is 1. The number of phosphoric acid groups is 3. The number of fused-ring (bicyclic) bond motifs is 1. The molecule has 0 saturated carbocycles. The number of anilines is 1. The average Bonchev–Trinajstić information content (AvgIpc) is 3.76. The first-order valence-corrected chi connectivity index (χ1v) is 28.1. The number of nitrogen functional groups attached to an aromatic ring is 1. The smallest absolute Gasteiger partial charge is 0.274 e. The van der Waals surface area contributed by atoms with E-state index in [9.17, 15) is 57.9 Å². The molecule has 2 amide bonds. The lowest BCUT2D eigenvalue weighted by molar-refractivity contribution is -0.347. The molecule has 2 aromatic heterocycles. The molecule has 394 valence electrons. The van der Waals surface area contributed by atoms with Crippen LogP contribution >= 0.6 is 35.2 Å². The van der Waals surface area contributed by atoms with Crippen LogP contribution in [0.4, 0.5) is 5.82 Å². The third-order valence-electron chi connectivity index (χ3n) is 11.2. The number of epoxide rings is 1. The molecule has 2 aliphatic rings. The summed E-state index contributed by atoms with van der Waals surface area (Å²) >= 11 is 1.13. The molecule has 0 radical (unpaired) electrons. The lowest BCUT2D eigenvalue weighted by Gasteiger charge is -2.36. The Hall–Kier alpha value is -2.52. The lowest BCUT2D eigenvalue weighted by atomic mass is 9.87. The summed E-state index contributed by atoms with van der Waals surface area (Å²) in [5, 5.41) is 35.3. The van der Waals surface area contributed by atoms with E-state index in [1.54, 1.807) is 0 Å². The molecule has 4 unspecified atom stereocenters. The van der Waals surface area contributed by atoms with Crippen LogP contribution in [0.15, 0.2) is 12.7 Å². The van der Waals surface area contributed by atoms with E-state index < -0.39 is 84.6 Å². The van der Waals surface area contributed by atoms with Gasteiger partial charge in [-0.15, -0.1) is 0 Å². The van der Waals surface area contributed by atoms with E-state index in [0.29, 0.717) is 24.4 Å². The molecule has 9 atom stereocenters. The second-order valence-corrected chi connectivity index (χ2v) is 22.6. The van der Waals surface area contributed by atoms with Crippen LogP contribution in [0.1, 0.15) is 116 Å². The lowest BCUT2D eigenvalue weighted by Crippen LogP contribution is -2.46. The highest BCUT2D eigenvalue weighted by atomic mass is 32.2. The number of rotatable bonds is 35. The maximum atomic E-state index is 12.7. The maximum absolute atomic E-state index is 12.7. The minimum Gasteiger partial charge on any atom is -0.790 e. The zero-order chi connectivity index (χ0) is 50.8. The molecule has 2 aromatic rings. The third-order valence-corrected chi connectivity index (χ3v) is 15.1. The quantitative estimate of drug-likeness (QED) is 0.0308. The molecule has 0 aromatic carbocycles. The summed E-state index contributed by atoms with van der Waals surface area (Å²) < 4.78 is 66.6. The second kappa shape index (κ2) is 28.1. The van der Waals surface area contributed by atoms with E-state index in [1.165, 1.54) is 39.5 Å². The van der Waals surface area contributed by atoms with Gasteiger partial charge in [0.25, 0.3) is 15.6 Å². The van der Waals surface area contributed by atoms with E-state index in [0.717, 1.165) is 86.8 Å². The molecule has 2 saturated heterocycles. The molecule has 0 bridgehead atoms. The number of aliphatic hydroxyl groups excluding tert-OH is 3. The number of unbranched alkanes of at least 4 members (excludes halogenated alkanes) is 9. The minimum atomic E-state index is -5.92. The molecule has 4 rings (SSSR count). The van der Waals surface area contributed by atoms with Gasteiger partial charge in [0.2, 0.25) is 11.8 Å². The Labute approximate surface area is 404 Å². The van der Waals surface area contributed by atoms with Gasteiger partial charge in [0, 0.05) is 43.7 Å². The predicted molar refractivity (Wildman–Crippen MR) is 239 cm³/mol. The van der Waals surface area contributed by atoms with Crippen LogP contribution in [0.2, 0.25) is 0 Å². The number of nitrogens with two attached hydrogens (primary N) is 1. The zero-order valence-corrected chi connectivity index (χ0v) is 42.0. The van der Waals surface area contributed by atoms with Gasteiger partial charge in [-0.05, 0) is 25.7 Å². The van der Waals surface area contributed by atoms with Crippen molar-refractivity contribution in [2.75, 3.05) is 44.4 Å². The van der Waals surface area contributed by atoms with Crippen molar-refractivity contribution in [2.24, 2.45) is 5.41 Å². The summed E-state index contributed by atoms with van der Waals surface area (Å²) in [6.45, 7) is 0.404. The first-order valence-electron chi connectivity index (χ1n) is 22.8. The van der Waals surface area contributed by atoms with Crippen molar-refractivity contribution in [3.8, 4) is 0 Å². The number of aromatic nitrogens is 4. The molecular weight excluding hydrogens is 995 g/mol. The molecule has 69 heavy (non-hydrogen) atoms. The monoisotopic (exact) mass is 1060 g/mol. The van der Waals surface area contributed by atoms with Crippen molar-refractivity contribution in [3.63, 3.8) is 0 Å². The predicted octanol–water partition coefficient (Wildman–Crippen LogP) is 0.358. The second-order valence-electron chi connectivity index (χ2n) is 17.4. The molecular formula is C39H64N7O19P3S-4. The SMILES string of the molecule is CC(C)(COP(=O)([O-])OP(=O)([O-])OC[C@H]1O[C@@H](n2cnc3c(N)ncnc32)[C@H](O)[C@@H]1OP(=O)([O-])[O-])[C@@H](O)C(=O)NCCC(=O)NCCSC(=O)CCCCCCCC1OC1CCCCCCCCO. The topological polar surface area (TPSA) is 408 Å². The minimum absolute atomic E-state index is 0.0214. The van der Waals surface area contributed by atoms with Crippen molar-refractivity contribution in [2.45, 2.75) is 153 Å². The Morgan fingerprint density at radius 2 is 1.48 bits per heavy atom. The Balaban J connectivity index is 1.05. The summed E-state index contributed by atoms with van der Waals surface area (Å²) in [6.07, 6.45) is 7.67. The fourth-order valence-corrected chi connectivity index (χ4v) is 10.8. The molecule has 2 fully saturated rings. The zero-order valence-electron chi connectivity index (χ0n) is 38.5. The van der Waals surface area contributed by atoms with E-state index in [-0.39, 0.29) is 48.2 Å². The summed E-state index contributed by atoms with van der Waals surface area (Å²) in [5.74, 6) is -1.17. The molecule has 0 spiro atoms. The average molecular weight is 1060 g/mol. The van der Waals surface area contributed by atoms with Crippen molar-refractivity contribution in [1.29, 1.82) is 0 Å². The van der Waals surface area contributed by atoms with Gasteiger partial charge in [0.05, 0.1) is 39.6 Å². The standard InChI is InChI=1S/C39H68N7O19P3S/c1-39(2,23-61-68(58,59)65-67(56,57)60-22-28-33(64-66(53,54)55)32(50)38(63-28)46-25-45-31-35(40)43-24-44-36(31)46)34(51)37(52)42-18-17-29(48)41-19-21-69-30(49)16-12-8-5-7-11-15-27-26(62-27)14-10-6-3-4-9-13-20-47/h24-28,32-34,38,47,50-51H,3-23H2,1-2H3,(H,41,48)(H,42,52)(H,56,57)(H,58,59)(H2,40,43,44)(H2,53,54,55)/p-4/t26?,27?,28-,32-,33-,34+,38-/m1/s1. The number of phosphoric ester groups is 3. The fourth-order valence-electron chi connectivity index (χ4n) is 7.34. The first kappa shape index (κ1) is 59.0. The van der Waals surface area contributed by atoms with Gasteiger partial charge in [-0.3, -0.25) is 28.1 Å². The van der Waals surface area contributed by atoms with Gasteiger partial charge in [-0.1, -0.05) is 83.4 Å². The number of thioether (sulfide) groups is 1. The number of ether oxygens (including phenoxy) is 2. The molecule has 26 nitrogen and oxygen atoms in total. The van der Waals surface area contributed by atoms with Gasteiger partial charge < -0.3 is 78.9 Å². The van der Waals surface area contributed by atoms with Gasteiger partial charge in [0.1, 0.15) is 36.3 Å². The Bertz CT molecular complexity index is 2100. The number of aliphatic hydroxyl groups is 3. The number of amides is 2. The number of nitrogens with one attached hydrogen (secondary N) is 2. The first-order chi connectivity index (χ1) is 32.5. The van der Waals surface area contributed by atoms with Crippen molar-refractivity contribution in [1.82, 2.24) is 30.2 Å². The summed E-state index contributed by atoms with van der Waals surface area (Å²) in [7, 11) is -17.6. The van der Waals surface area contributed by atoms with Crippen LogP contribution in [-0.4, -0.2) is 127 Å². The Morgan fingerprint density at radius 3 is 2.13 bits per heavy atom. The number of carbonyl (C=O) groups excluding carboxylic acids is 3.